The van der Waals surface area contributed by atoms with E-state index < -0.39 is 9.84 Å². The summed E-state index contributed by atoms with van der Waals surface area (Å²) in [6.45, 7) is 4.48. The van der Waals surface area contributed by atoms with Crippen LogP contribution in [0.25, 0.3) is 54.9 Å². The van der Waals surface area contributed by atoms with Crippen molar-refractivity contribution in [2.75, 3.05) is 10.2 Å². The molecule has 0 saturated heterocycles. The Labute approximate surface area is 319 Å². The molecule has 1 unspecified atom stereocenters. The van der Waals surface area contributed by atoms with E-state index in [1.165, 1.54) is 22.3 Å². The van der Waals surface area contributed by atoms with Crippen LogP contribution in [-0.4, -0.2) is 8.42 Å². The highest BCUT2D eigenvalue weighted by molar-refractivity contribution is 7.92. The SMILES string of the molecule is CC1(C)c2cc(C#N)ccc2-c2ccc(-c3c4ccccc4c(-c4ccc5c(c4)S(=O)(=O)c4cccc6c4N5C(c4ccccc4)N6)c4ccccc34)cc21. The van der Waals surface area contributed by atoms with Gasteiger partial charge in [-0.25, -0.2) is 8.42 Å². The molecule has 3 aliphatic rings. The van der Waals surface area contributed by atoms with Crippen molar-refractivity contribution in [1.82, 2.24) is 0 Å². The zero-order chi connectivity index (χ0) is 37.2. The molecule has 0 aromatic heterocycles. The van der Waals surface area contributed by atoms with Crippen molar-refractivity contribution in [2.24, 2.45) is 0 Å². The van der Waals surface area contributed by atoms with Gasteiger partial charge in [0.15, 0.2) is 0 Å². The van der Waals surface area contributed by atoms with Crippen molar-refractivity contribution in [2.45, 2.75) is 35.2 Å². The van der Waals surface area contributed by atoms with E-state index in [1.807, 2.05) is 54.6 Å². The zero-order valence-corrected chi connectivity index (χ0v) is 30.9. The summed E-state index contributed by atoms with van der Waals surface area (Å²) in [5.41, 5.74) is 12.5. The molecular weight excluding hydrogens is 695 g/mol. The van der Waals surface area contributed by atoms with Crippen molar-refractivity contribution in [1.29, 1.82) is 5.26 Å². The number of hydrogen-bond acceptors (Lipinski definition) is 5. The highest BCUT2D eigenvalue weighted by Gasteiger charge is 2.43. The van der Waals surface area contributed by atoms with Crippen molar-refractivity contribution < 1.29 is 8.42 Å². The topological polar surface area (TPSA) is 73.2 Å². The molecule has 11 rings (SSSR count). The number of anilines is 3. The summed E-state index contributed by atoms with van der Waals surface area (Å²) in [7, 11) is -3.85. The van der Waals surface area contributed by atoms with Gasteiger partial charge in [-0.15, -0.1) is 0 Å². The number of nitrogens with zero attached hydrogens (tertiary/aromatic N) is 2. The molecule has 0 radical (unpaired) electrons. The lowest BCUT2D eigenvalue weighted by Gasteiger charge is -2.33. The largest absolute Gasteiger partial charge is 0.359 e. The first-order valence-corrected chi connectivity index (χ1v) is 20.0. The van der Waals surface area contributed by atoms with E-state index in [0.717, 1.165) is 55.0 Å². The highest BCUT2D eigenvalue weighted by Crippen LogP contribution is 2.57. The first-order chi connectivity index (χ1) is 26.8. The van der Waals surface area contributed by atoms with Gasteiger partial charge in [0.05, 0.1) is 38.5 Å². The third kappa shape index (κ3) is 4.30. The first kappa shape index (κ1) is 31.8. The molecule has 8 aromatic carbocycles. The Bertz CT molecular complexity index is 3090. The average Bonchev–Trinajstić information content (AvgIpc) is 3.71. The molecule has 8 aromatic rings. The Hall–Kier alpha value is -6.68. The number of hydrogen-bond donors (Lipinski definition) is 1. The molecule has 5 nitrogen and oxygen atoms in total. The molecule has 262 valence electrons. The summed E-state index contributed by atoms with van der Waals surface area (Å²) < 4.78 is 29.2. The predicted octanol–water partition coefficient (Wildman–Crippen LogP) is 11.9. The lowest BCUT2D eigenvalue weighted by Crippen LogP contribution is -2.28. The van der Waals surface area contributed by atoms with Crippen LogP contribution in [0.3, 0.4) is 0 Å². The lowest BCUT2D eigenvalue weighted by atomic mass is 9.80. The van der Waals surface area contributed by atoms with Gasteiger partial charge < -0.3 is 10.2 Å². The molecule has 1 atom stereocenters. The van der Waals surface area contributed by atoms with Gasteiger partial charge in [0, 0.05) is 5.41 Å². The van der Waals surface area contributed by atoms with Gasteiger partial charge >= 0.3 is 0 Å². The van der Waals surface area contributed by atoms with Crippen molar-refractivity contribution >= 4 is 48.4 Å². The third-order valence-electron chi connectivity index (χ3n) is 12.0. The Morgan fingerprint density at radius 3 is 1.85 bits per heavy atom. The maximum Gasteiger partial charge on any atom is 0.210 e. The monoisotopic (exact) mass is 727 g/mol. The van der Waals surface area contributed by atoms with E-state index in [1.54, 1.807) is 6.07 Å². The van der Waals surface area contributed by atoms with E-state index in [0.29, 0.717) is 26.7 Å². The van der Waals surface area contributed by atoms with E-state index >= 15 is 0 Å². The summed E-state index contributed by atoms with van der Waals surface area (Å²) in [5.74, 6) is 0. The number of nitrogens with one attached hydrogen (secondary N) is 1. The molecule has 2 heterocycles. The van der Waals surface area contributed by atoms with Crippen LogP contribution in [0.2, 0.25) is 0 Å². The fourth-order valence-corrected chi connectivity index (χ4v) is 11.2. The molecule has 1 N–H and O–H groups in total. The summed E-state index contributed by atoms with van der Waals surface area (Å²) in [4.78, 5) is 2.77. The Morgan fingerprint density at radius 2 is 1.20 bits per heavy atom. The fraction of sp³-hybridized carbons (Fsp3) is 0.0816. The Morgan fingerprint density at radius 1 is 0.618 bits per heavy atom. The standard InChI is InChI=1S/C49H33N3O2S/c1-49(2)39-25-29(28-50)19-22-33(39)34-23-20-31(26-40(34)49)45-35-13-6-8-15-37(35)46(38-16-9-7-14-36(38)45)32-21-24-42-44(27-32)55(53,54)43-18-10-17-41-47(43)52(42)48(51-41)30-11-4-3-5-12-30/h3-27,48,51H,1-2H3. The number of benzene rings is 8. The lowest BCUT2D eigenvalue weighted by molar-refractivity contribution is 0.593. The van der Waals surface area contributed by atoms with Gasteiger partial charge in [-0.3, -0.25) is 0 Å². The maximum absolute atomic E-state index is 14.6. The minimum atomic E-state index is -3.85. The molecular formula is C49H33N3O2S. The Kier molecular flexibility index (Phi) is 6.46. The van der Waals surface area contributed by atoms with E-state index in [2.05, 4.69) is 121 Å². The molecule has 1 aliphatic carbocycles. The quantitative estimate of drug-likeness (QED) is 0.183. The number of para-hydroxylation sites is 1. The van der Waals surface area contributed by atoms with Crippen LogP contribution >= 0.6 is 0 Å². The molecule has 0 bridgehead atoms. The van der Waals surface area contributed by atoms with Crippen molar-refractivity contribution in [3.63, 3.8) is 0 Å². The van der Waals surface area contributed by atoms with Crippen LogP contribution in [0.4, 0.5) is 17.1 Å². The zero-order valence-electron chi connectivity index (χ0n) is 30.1. The van der Waals surface area contributed by atoms with E-state index in [9.17, 15) is 13.7 Å². The van der Waals surface area contributed by atoms with Crippen LogP contribution in [0.15, 0.2) is 161 Å². The maximum atomic E-state index is 14.6. The van der Waals surface area contributed by atoms with Crippen molar-refractivity contribution in [3.8, 4) is 39.4 Å². The fourth-order valence-electron chi connectivity index (χ4n) is 9.49. The van der Waals surface area contributed by atoms with E-state index in [-0.39, 0.29) is 11.6 Å². The molecule has 6 heteroatoms. The predicted molar refractivity (Wildman–Crippen MR) is 221 cm³/mol. The minimum Gasteiger partial charge on any atom is -0.359 e. The Balaban J connectivity index is 1.13. The average molecular weight is 728 g/mol. The van der Waals surface area contributed by atoms with Crippen LogP contribution in [0.5, 0.6) is 0 Å². The van der Waals surface area contributed by atoms with Gasteiger partial charge in [0.1, 0.15) is 6.17 Å². The van der Waals surface area contributed by atoms with Crippen molar-refractivity contribution in [3.05, 3.63) is 174 Å². The van der Waals surface area contributed by atoms with Gasteiger partial charge in [-0.05, 0) is 114 Å². The van der Waals surface area contributed by atoms with E-state index in [4.69, 9.17) is 0 Å². The van der Waals surface area contributed by atoms with Crippen LogP contribution in [0, 0.1) is 11.3 Å². The number of fused-ring (bicyclic) bond motifs is 7. The molecule has 0 spiro atoms. The summed E-state index contributed by atoms with van der Waals surface area (Å²) in [6, 6.07) is 53.7. The summed E-state index contributed by atoms with van der Waals surface area (Å²) >= 11 is 0. The number of rotatable bonds is 3. The van der Waals surface area contributed by atoms with Gasteiger partial charge in [0.25, 0.3) is 0 Å². The number of sulfone groups is 1. The van der Waals surface area contributed by atoms with Gasteiger partial charge in [0.2, 0.25) is 9.84 Å². The van der Waals surface area contributed by atoms with Gasteiger partial charge in [-0.2, -0.15) is 5.26 Å². The molecule has 0 amide bonds. The number of nitriles is 1. The second kappa shape index (κ2) is 11.2. The van der Waals surface area contributed by atoms with Crippen LogP contribution in [0.1, 0.15) is 42.3 Å². The van der Waals surface area contributed by atoms with Crippen LogP contribution < -0.4 is 10.2 Å². The second-order valence-electron chi connectivity index (χ2n) is 15.3. The molecule has 55 heavy (non-hydrogen) atoms. The highest BCUT2D eigenvalue weighted by atomic mass is 32.2. The first-order valence-electron chi connectivity index (χ1n) is 18.5. The van der Waals surface area contributed by atoms with Crippen LogP contribution in [-0.2, 0) is 15.3 Å². The second-order valence-corrected chi connectivity index (χ2v) is 17.2. The molecule has 0 saturated carbocycles. The molecule has 0 fully saturated rings. The normalized spacial score (nSPS) is 16.5. The summed E-state index contributed by atoms with van der Waals surface area (Å²) in [6.07, 6.45) is -0.253. The third-order valence-corrected chi connectivity index (χ3v) is 13.8. The smallest absolute Gasteiger partial charge is 0.210 e. The summed E-state index contributed by atoms with van der Waals surface area (Å²) in [5, 5.41) is 17.6. The van der Waals surface area contributed by atoms with Gasteiger partial charge in [-0.1, -0.05) is 123 Å². The minimum absolute atomic E-state index is 0.253. The molecule has 2 aliphatic heterocycles.